The first-order chi connectivity index (χ1) is 20.4. The van der Waals surface area contributed by atoms with E-state index >= 15 is 0 Å². The van der Waals surface area contributed by atoms with Crippen LogP contribution in [0.5, 0.6) is 6.01 Å². The molecule has 216 valence electrons. The number of anilines is 1. The van der Waals surface area contributed by atoms with Crippen molar-refractivity contribution in [3.05, 3.63) is 52.7 Å². The van der Waals surface area contributed by atoms with Gasteiger partial charge in [-0.2, -0.15) is 15.2 Å². The van der Waals surface area contributed by atoms with E-state index in [1.165, 1.54) is 9.47 Å². The molecule has 2 saturated heterocycles. The number of likely N-dealkylation sites (tertiary alicyclic amines) is 1. The van der Waals surface area contributed by atoms with E-state index in [-0.39, 0.29) is 42.6 Å². The molecule has 0 radical (unpaired) electrons. The second-order valence-electron chi connectivity index (χ2n) is 10.7. The number of amides is 1. The summed E-state index contributed by atoms with van der Waals surface area (Å²) in [5, 5.41) is 19.8. The van der Waals surface area contributed by atoms with Crippen LogP contribution >= 0.6 is 0 Å². The first-order valence-electron chi connectivity index (χ1n) is 14.0. The summed E-state index contributed by atoms with van der Waals surface area (Å²) in [7, 11) is 2.05. The summed E-state index contributed by atoms with van der Waals surface area (Å²) in [5.74, 6) is 0.822. The number of likely N-dealkylation sites (N-methyl/N-ethyl adjacent to an activating group) is 1. The van der Waals surface area contributed by atoms with Crippen molar-refractivity contribution in [3.8, 4) is 17.8 Å². The van der Waals surface area contributed by atoms with E-state index < -0.39 is 12.1 Å². The maximum atomic E-state index is 14.2. The number of ether oxygens (including phenoxy) is 1. The number of benzene rings is 1. The lowest BCUT2D eigenvalue weighted by Crippen LogP contribution is -2.55. The Bertz CT molecular complexity index is 1760. The number of carboxylic acid groups (broad SMARTS) is 1. The molecule has 4 aromatic rings. The molecule has 0 saturated carbocycles. The normalized spacial score (nSPS) is 19.4. The highest BCUT2D eigenvalue weighted by molar-refractivity contribution is 5.89. The van der Waals surface area contributed by atoms with Crippen LogP contribution in [0, 0.1) is 18.3 Å². The predicted octanol–water partition coefficient (Wildman–Crippen LogP) is 2.59. The number of hydrogen-bond acceptors (Lipinski definition) is 10. The largest absolute Gasteiger partial charge is 0.465 e. The van der Waals surface area contributed by atoms with Gasteiger partial charge in [0.25, 0.3) is 5.56 Å². The van der Waals surface area contributed by atoms with Crippen LogP contribution in [-0.2, 0) is 0 Å². The van der Waals surface area contributed by atoms with Gasteiger partial charge in [0.1, 0.15) is 17.9 Å². The molecule has 1 amide bonds. The van der Waals surface area contributed by atoms with Gasteiger partial charge < -0.3 is 24.5 Å². The third-order valence-corrected chi connectivity index (χ3v) is 8.14. The lowest BCUT2D eigenvalue weighted by atomic mass is 10.1. The molecule has 2 aliphatic rings. The number of aromatic nitrogens is 5. The molecule has 42 heavy (non-hydrogen) atoms. The zero-order valence-electron chi connectivity index (χ0n) is 23.5. The van der Waals surface area contributed by atoms with Crippen molar-refractivity contribution in [2.24, 2.45) is 0 Å². The molecule has 6 rings (SSSR count). The van der Waals surface area contributed by atoms with Gasteiger partial charge in [0.05, 0.1) is 29.7 Å². The Balaban J connectivity index is 1.49. The van der Waals surface area contributed by atoms with E-state index in [0.717, 1.165) is 30.3 Å². The summed E-state index contributed by atoms with van der Waals surface area (Å²) in [5.41, 5.74) is 1.40. The zero-order valence-corrected chi connectivity index (χ0v) is 23.5. The fraction of sp³-hybridized carbons (Fsp3) is 0.414. The topological polar surface area (TPSA) is 154 Å². The Labute approximate surface area is 241 Å². The van der Waals surface area contributed by atoms with Gasteiger partial charge in [-0.05, 0) is 57.6 Å². The SMILES string of the molecule is Cc1nc2c(N3CCN(C(=O)O)[C@@H](CC#N)C3)nc(OC[C@@H]3CCCN3C)nc2c(=O)n1-c1cccc2ncccc12. The maximum absolute atomic E-state index is 14.2. The molecular formula is C29H31N9O4. The summed E-state index contributed by atoms with van der Waals surface area (Å²) in [6, 6.07) is 11.1. The van der Waals surface area contributed by atoms with E-state index in [1.807, 2.05) is 35.2 Å². The molecule has 2 fully saturated rings. The summed E-state index contributed by atoms with van der Waals surface area (Å²) < 4.78 is 7.63. The molecule has 5 heterocycles. The number of nitriles is 1. The quantitative estimate of drug-likeness (QED) is 0.364. The number of rotatable bonds is 6. The van der Waals surface area contributed by atoms with Gasteiger partial charge >= 0.3 is 12.1 Å². The average molecular weight is 570 g/mol. The highest BCUT2D eigenvalue weighted by Crippen LogP contribution is 2.28. The fourth-order valence-corrected chi connectivity index (χ4v) is 5.93. The molecule has 0 spiro atoms. The maximum Gasteiger partial charge on any atom is 0.407 e. The molecule has 2 aliphatic heterocycles. The van der Waals surface area contributed by atoms with E-state index in [4.69, 9.17) is 14.7 Å². The van der Waals surface area contributed by atoms with E-state index in [9.17, 15) is 20.0 Å². The number of hydrogen-bond donors (Lipinski definition) is 1. The first-order valence-corrected chi connectivity index (χ1v) is 14.0. The third kappa shape index (κ3) is 4.94. The van der Waals surface area contributed by atoms with Gasteiger partial charge in [-0.3, -0.25) is 14.3 Å². The van der Waals surface area contributed by atoms with E-state index in [0.29, 0.717) is 36.0 Å². The van der Waals surface area contributed by atoms with Gasteiger partial charge in [-0.1, -0.05) is 6.07 Å². The number of carbonyl (C=O) groups is 1. The highest BCUT2D eigenvalue weighted by atomic mass is 16.5. The van der Waals surface area contributed by atoms with Crippen molar-refractivity contribution in [1.29, 1.82) is 5.26 Å². The monoisotopic (exact) mass is 569 g/mol. The van der Waals surface area contributed by atoms with Crippen molar-refractivity contribution in [2.75, 3.05) is 44.7 Å². The molecule has 13 heteroatoms. The Morgan fingerprint density at radius 3 is 2.74 bits per heavy atom. The van der Waals surface area contributed by atoms with Crippen LogP contribution in [-0.4, -0.2) is 97.4 Å². The van der Waals surface area contributed by atoms with Gasteiger partial charge in [0.15, 0.2) is 11.3 Å². The summed E-state index contributed by atoms with van der Waals surface area (Å²) >= 11 is 0. The van der Waals surface area contributed by atoms with Crippen molar-refractivity contribution >= 4 is 33.8 Å². The molecule has 3 aromatic heterocycles. The molecule has 0 aliphatic carbocycles. The van der Waals surface area contributed by atoms with E-state index in [1.54, 1.807) is 13.1 Å². The lowest BCUT2D eigenvalue weighted by molar-refractivity contribution is 0.119. The fourth-order valence-electron chi connectivity index (χ4n) is 5.93. The molecule has 1 aromatic carbocycles. The number of pyridine rings is 1. The van der Waals surface area contributed by atoms with Gasteiger partial charge in [-0.15, -0.1) is 0 Å². The van der Waals surface area contributed by atoms with Crippen LogP contribution in [0.1, 0.15) is 25.1 Å². The molecule has 1 N–H and O–H groups in total. The second kappa shape index (κ2) is 11.2. The van der Waals surface area contributed by atoms with E-state index in [2.05, 4.69) is 28.0 Å². The van der Waals surface area contributed by atoms with Crippen molar-refractivity contribution in [3.63, 3.8) is 0 Å². The van der Waals surface area contributed by atoms with Crippen molar-refractivity contribution in [2.45, 2.75) is 38.3 Å². The Kier molecular flexibility index (Phi) is 7.30. The summed E-state index contributed by atoms with van der Waals surface area (Å²) in [6.07, 6.45) is 2.73. The van der Waals surface area contributed by atoms with Gasteiger partial charge in [-0.25, -0.2) is 9.78 Å². The number of aryl methyl sites for hydroxylation is 1. The zero-order chi connectivity index (χ0) is 29.4. The molecule has 0 unspecified atom stereocenters. The minimum absolute atomic E-state index is 0.0254. The molecule has 2 atom stereocenters. The van der Waals surface area contributed by atoms with Gasteiger partial charge in [0.2, 0.25) is 0 Å². The predicted molar refractivity (Wildman–Crippen MR) is 155 cm³/mol. The van der Waals surface area contributed by atoms with Gasteiger partial charge in [0, 0.05) is 37.3 Å². The molecule has 0 bridgehead atoms. The Morgan fingerprint density at radius 1 is 1.12 bits per heavy atom. The van der Waals surface area contributed by atoms with Crippen LogP contribution in [0.3, 0.4) is 0 Å². The Hall–Kier alpha value is -4.83. The van der Waals surface area contributed by atoms with Crippen LogP contribution < -0.4 is 15.2 Å². The van der Waals surface area contributed by atoms with Crippen LogP contribution in [0.4, 0.5) is 10.6 Å². The summed E-state index contributed by atoms with van der Waals surface area (Å²) in [4.78, 5) is 50.0. The van der Waals surface area contributed by atoms with Crippen molar-refractivity contribution in [1.82, 2.24) is 34.3 Å². The smallest absolute Gasteiger partial charge is 0.407 e. The van der Waals surface area contributed by atoms with Crippen molar-refractivity contribution < 1.29 is 14.6 Å². The Morgan fingerprint density at radius 2 is 1.98 bits per heavy atom. The highest BCUT2D eigenvalue weighted by Gasteiger charge is 2.33. The minimum atomic E-state index is -1.08. The number of fused-ring (bicyclic) bond motifs is 2. The van der Waals surface area contributed by atoms with Crippen LogP contribution in [0.15, 0.2) is 41.3 Å². The number of nitrogens with zero attached hydrogens (tertiary/aromatic N) is 9. The first kappa shape index (κ1) is 27.3. The number of piperazine rings is 1. The lowest BCUT2D eigenvalue weighted by Gasteiger charge is -2.39. The molecular weight excluding hydrogens is 538 g/mol. The van der Waals surface area contributed by atoms with Crippen LogP contribution in [0.2, 0.25) is 0 Å². The average Bonchev–Trinajstić information content (AvgIpc) is 3.40. The summed E-state index contributed by atoms with van der Waals surface area (Å²) in [6.45, 7) is 3.81. The minimum Gasteiger partial charge on any atom is -0.465 e. The standard InChI is InChI=1S/C29H31N9O4/c1-18-32-24-25(27(39)38(18)23-9-3-8-22-21(23)7-4-12-31-22)33-28(42-17-20-6-5-13-35(20)2)34-26(24)36-14-15-37(29(40)41)19(16-36)10-11-30/h3-4,7-9,12,19-20H,5-6,10,13-17H2,1-2H3,(H,40,41)/t19-,20-/m0/s1. The third-order valence-electron chi connectivity index (χ3n) is 8.14. The molecule has 13 nitrogen and oxygen atoms in total. The van der Waals surface area contributed by atoms with Crippen LogP contribution in [0.25, 0.3) is 27.6 Å². The second-order valence-corrected chi connectivity index (χ2v) is 10.7.